The Bertz CT molecular complexity index is 965. The number of benzene rings is 2. The van der Waals surface area contributed by atoms with Crippen LogP contribution in [-0.2, 0) is 4.74 Å². The molecule has 1 saturated heterocycles. The number of nitrogens with one attached hydrogen (secondary N) is 1. The van der Waals surface area contributed by atoms with Crippen molar-refractivity contribution in [3.8, 4) is 11.4 Å². The van der Waals surface area contributed by atoms with Crippen molar-refractivity contribution in [2.24, 2.45) is 0 Å². The van der Waals surface area contributed by atoms with Gasteiger partial charge in [-0.05, 0) is 71.6 Å². The minimum absolute atomic E-state index is 0.113. The maximum absolute atomic E-state index is 12.7. The van der Waals surface area contributed by atoms with E-state index in [0.29, 0.717) is 23.6 Å². The Balaban J connectivity index is 1.41. The molecule has 1 fully saturated rings. The molecule has 0 radical (unpaired) electrons. The van der Waals surface area contributed by atoms with E-state index in [0.717, 1.165) is 36.0 Å². The van der Waals surface area contributed by atoms with Crippen LogP contribution in [0.4, 0.5) is 5.69 Å². The van der Waals surface area contributed by atoms with Crippen LogP contribution in [-0.4, -0.2) is 35.0 Å². The molecule has 0 bridgehead atoms. The summed E-state index contributed by atoms with van der Waals surface area (Å²) in [4.78, 5) is 12.7. The predicted molar refractivity (Wildman–Crippen MR) is 115 cm³/mol. The van der Waals surface area contributed by atoms with E-state index < -0.39 is 0 Å². The van der Waals surface area contributed by atoms with Crippen molar-refractivity contribution in [2.75, 3.05) is 18.5 Å². The first kappa shape index (κ1) is 19.7. The van der Waals surface area contributed by atoms with Gasteiger partial charge in [0.25, 0.3) is 5.91 Å². The van der Waals surface area contributed by atoms with Crippen LogP contribution in [0, 0.1) is 0 Å². The summed E-state index contributed by atoms with van der Waals surface area (Å²) in [5, 5.41) is 7.18. The smallest absolute Gasteiger partial charge is 0.255 e. The highest BCUT2D eigenvalue weighted by Crippen LogP contribution is 2.26. The quantitative estimate of drug-likeness (QED) is 0.577. The van der Waals surface area contributed by atoms with Crippen LogP contribution in [0.15, 0.2) is 65.4 Å². The summed E-state index contributed by atoms with van der Waals surface area (Å²) in [5.41, 5.74) is 2.09. The molecule has 1 unspecified atom stereocenters. The topological polar surface area (TPSA) is 65.4 Å². The van der Waals surface area contributed by atoms with Crippen molar-refractivity contribution in [1.29, 1.82) is 0 Å². The van der Waals surface area contributed by atoms with Gasteiger partial charge in [0, 0.05) is 18.4 Å². The van der Waals surface area contributed by atoms with Crippen LogP contribution in [0.5, 0.6) is 5.75 Å². The van der Waals surface area contributed by atoms with E-state index in [4.69, 9.17) is 9.47 Å². The van der Waals surface area contributed by atoms with E-state index in [-0.39, 0.29) is 12.0 Å². The van der Waals surface area contributed by atoms with Crippen LogP contribution in [0.3, 0.4) is 0 Å². The van der Waals surface area contributed by atoms with Gasteiger partial charge in [0.2, 0.25) is 0 Å². The zero-order chi connectivity index (χ0) is 20.1. The van der Waals surface area contributed by atoms with E-state index in [1.807, 2.05) is 42.6 Å². The largest absolute Gasteiger partial charge is 0.489 e. The van der Waals surface area contributed by atoms with Gasteiger partial charge in [-0.3, -0.25) is 4.79 Å². The highest BCUT2D eigenvalue weighted by atomic mass is 79.9. The van der Waals surface area contributed by atoms with Crippen LogP contribution in [0.2, 0.25) is 0 Å². The van der Waals surface area contributed by atoms with Crippen molar-refractivity contribution in [2.45, 2.75) is 25.4 Å². The van der Waals surface area contributed by atoms with Crippen molar-refractivity contribution >= 4 is 27.5 Å². The number of carbonyl (C=O) groups is 1. The number of nitrogens with zero attached hydrogens (tertiary/aromatic N) is 2. The molecule has 1 N–H and O–H groups in total. The molecule has 1 amide bonds. The van der Waals surface area contributed by atoms with Gasteiger partial charge in [-0.25, -0.2) is 4.68 Å². The second-order valence-corrected chi connectivity index (χ2v) is 7.82. The Morgan fingerprint density at radius 2 is 2.03 bits per heavy atom. The second-order valence-electron chi connectivity index (χ2n) is 6.90. The molecule has 0 aliphatic carbocycles. The fraction of sp³-hybridized carbons (Fsp3) is 0.273. The average Bonchev–Trinajstić information content (AvgIpc) is 3.20. The number of ether oxygens (including phenoxy) is 2. The fourth-order valence-electron chi connectivity index (χ4n) is 3.22. The maximum atomic E-state index is 12.7. The molecule has 0 saturated carbocycles. The first-order chi connectivity index (χ1) is 14.2. The molecule has 1 aliphatic rings. The van der Waals surface area contributed by atoms with Gasteiger partial charge in [0.05, 0.1) is 28.1 Å². The third-order valence-corrected chi connectivity index (χ3v) is 5.19. The van der Waals surface area contributed by atoms with E-state index in [2.05, 4.69) is 26.3 Å². The van der Waals surface area contributed by atoms with E-state index in [9.17, 15) is 4.79 Å². The summed E-state index contributed by atoms with van der Waals surface area (Å²) in [5.74, 6) is 0.455. The van der Waals surface area contributed by atoms with Crippen LogP contribution in [0.25, 0.3) is 5.69 Å². The van der Waals surface area contributed by atoms with Crippen molar-refractivity contribution in [3.63, 3.8) is 0 Å². The number of hydrogen-bond donors (Lipinski definition) is 1. The lowest BCUT2D eigenvalue weighted by Gasteiger charge is -2.23. The summed E-state index contributed by atoms with van der Waals surface area (Å²) in [6, 6.07) is 14.7. The van der Waals surface area contributed by atoms with E-state index in [1.54, 1.807) is 23.0 Å². The van der Waals surface area contributed by atoms with Crippen LogP contribution >= 0.6 is 15.9 Å². The van der Waals surface area contributed by atoms with Gasteiger partial charge >= 0.3 is 0 Å². The molecular formula is C22H22BrN3O3. The number of para-hydroxylation sites is 2. The van der Waals surface area contributed by atoms with Crippen LogP contribution < -0.4 is 10.1 Å². The molecule has 4 rings (SSSR count). The zero-order valence-electron chi connectivity index (χ0n) is 15.9. The number of anilines is 1. The molecule has 150 valence electrons. The molecule has 7 heteroatoms. The Kier molecular flexibility index (Phi) is 6.27. The number of hydrogen-bond acceptors (Lipinski definition) is 4. The van der Waals surface area contributed by atoms with Gasteiger partial charge in [0.1, 0.15) is 12.4 Å². The number of rotatable bonds is 6. The first-order valence-corrected chi connectivity index (χ1v) is 10.4. The summed E-state index contributed by atoms with van der Waals surface area (Å²) in [7, 11) is 0. The number of amides is 1. The second kappa shape index (κ2) is 9.24. The van der Waals surface area contributed by atoms with Gasteiger partial charge in [0.15, 0.2) is 0 Å². The summed E-state index contributed by atoms with van der Waals surface area (Å²) >= 11 is 3.38. The van der Waals surface area contributed by atoms with Gasteiger partial charge in [-0.1, -0.05) is 12.1 Å². The number of aromatic nitrogens is 2. The lowest BCUT2D eigenvalue weighted by atomic mass is 10.1. The molecule has 0 spiro atoms. The van der Waals surface area contributed by atoms with Gasteiger partial charge in [-0.2, -0.15) is 5.10 Å². The van der Waals surface area contributed by atoms with E-state index in [1.165, 1.54) is 0 Å². The maximum Gasteiger partial charge on any atom is 0.255 e. The van der Waals surface area contributed by atoms with Crippen molar-refractivity contribution < 1.29 is 14.3 Å². The summed E-state index contributed by atoms with van der Waals surface area (Å²) in [6.45, 7) is 1.28. The molecule has 29 heavy (non-hydrogen) atoms. The first-order valence-electron chi connectivity index (χ1n) is 9.64. The van der Waals surface area contributed by atoms with Crippen molar-refractivity contribution in [1.82, 2.24) is 9.78 Å². The molecule has 1 aromatic heterocycles. The van der Waals surface area contributed by atoms with Gasteiger partial charge < -0.3 is 14.8 Å². The Morgan fingerprint density at radius 1 is 1.21 bits per heavy atom. The molecular weight excluding hydrogens is 434 g/mol. The number of carbonyl (C=O) groups excluding carboxylic acids is 1. The molecule has 6 nitrogen and oxygen atoms in total. The molecule has 1 atom stereocenters. The average molecular weight is 456 g/mol. The Morgan fingerprint density at radius 3 is 2.76 bits per heavy atom. The molecule has 2 heterocycles. The van der Waals surface area contributed by atoms with E-state index >= 15 is 0 Å². The fourth-order valence-corrected chi connectivity index (χ4v) is 3.50. The molecule has 2 aromatic carbocycles. The van der Waals surface area contributed by atoms with Crippen LogP contribution in [0.1, 0.15) is 29.6 Å². The minimum Gasteiger partial charge on any atom is -0.489 e. The summed E-state index contributed by atoms with van der Waals surface area (Å²) in [6.07, 6.45) is 6.97. The SMILES string of the molecule is O=C(Nc1ccccc1OCC1CCCCO1)c1ccc(-n2cc(Br)cn2)cc1. The monoisotopic (exact) mass is 455 g/mol. The minimum atomic E-state index is -0.192. The molecule has 3 aromatic rings. The van der Waals surface area contributed by atoms with Crippen molar-refractivity contribution in [3.05, 3.63) is 71.0 Å². The highest BCUT2D eigenvalue weighted by molar-refractivity contribution is 9.10. The van der Waals surface area contributed by atoms with Gasteiger partial charge in [-0.15, -0.1) is 0 Å². The standard InChI is InChI=1S/C22H22BrN3O3/c23-17-13-24-26(14-17)18-10-8-16(9-11-18)22(27)25-20-6-1-2-7-21(20)29-15-19-5-3-4-12-28-19/h1-2,6-11,13-14,19H,3-5,12,15H2,(H,25,27). The number of halogens is 1. The lowest BCUT2D eigenvalue weighted by molar-refractivity contribution is -0.0109. The highest BCUT2D eigenvalue weighted by Gasteiger charge is 2.16. The lowest BCUT2D eigenvalue weighted by Crippen LogP contribution is -2.26. The zero-order valence-corrected chi connectivity index (χ0v) is 17.5. The summed E-state index contributed by atoms with van der Waals surface area (Å²) < 4.78 is 14.3. The third-order valence-electron chi connectivity index (χ3n) is 4.78. The normalized spacial score (nSPS) is 16.4. The predicted octanol–water partition coefficient (Wildman–Crippen LogP) is 4.84. The third kappa shape index (κ3) is 5.05. The Labute approximate surface area is 178 Å². The molecule has 1 aliphatic heterocycles. The Hall–Kier alpha value is -2.64.